The van der Waals surface area contributed by atoms with Gasteiger partial charge in [-0.25, -0.2) is 4.79 Å². The van der Waals surface area contributed by atoms with Gasteiger partial charge in [-0.2, -0.15) is 0 Å². The summed E-state index contributed by atoms with van der Waals surface area (Å²) in [6.45, 7) is 3.82. The van der Waals surface area contributed by atoms with Crippen molar-refractivity contribution in [2.45, 2.75) is 76.7 Å². The molecule has 0 atom stereocenters. The molecule has 0 aliphatic heterocycles. The van der Waals surface area contributed by atoms with Gasteiger partial charge >= 0.3 is 5.97 Å². The Kier molecular flexibility index (Phi) is 7.81. The lowest BCUT2D eigenvalue weighted by Gasteiger charge is -2.37. The van der Waals surface area contributed by atoms with Crippen LogP contribution in [0, 0.1) is 17.8 Å². The van der Waals surface area contributed by atoms with Gasteiger partial charge in [0.15, 0.2) is 0 Å². The Morgan fingerprint density at radius 2 is 1.59 bits per heavy atom. The molecule has 27 heavy (non-hydrogen) atoms. The van der Waals surface area contributed by atoms with E-state index in [9.17, 15) is 4.79 Å². The minimum absolute atomic E-state index is 0.0830. The largest absolute Gasteiger partial charge is 0.459 e. The number of esters is 1. The Bertz CT molecular complexity index is 593. The van der Waals surface area contributed by atoms with E-state index in [1.54, 1.807) is 24.3 Å². The molecule has 0 spiro atoms. The van der Waals surface area contributed by atoms with E-state index in [1.807, 2.05) is 6.08 Å². The summed E-state index contributed by atoms with van der Waals surface area (Å²) in [7, 11) is 0. The van der Waals surface area contributed by atoms with Crippen molar-refractivity contribution in [2.24, 2.45) is 17.8 Å². The maximum Gasteiger partial charge on any atom is 0.338 e. The number of halogens is 1. The number of benzene rings is 1. The number of unbranched alkanes of at least 4 members (excludes halogenated alkanes) is 1. The van der Waals surface area contributed by atoms with Gasteiger partial charge in [-0.3, -0.25) is 0 Å². The van der Waals surface area contributed by atoms with E-state index in [0.29, 0.717) is 10.6 Å². The maximum atomic E-state index is 12.3. The summed E-state index contributed by atoms with van der Waals surface area (Å²) in [5.41, 5.74) is 0.594. The zero-order chi connectivity index (χ0) is 19.1. The van der Waals surface area contributed by atoms with Crippen LogP contribution in [0.5, 0.6) is 0 Å². The summed E-state index contributed by atoms with van der Waals surface area (Å²) >= 11 is 5.88. The maximum absolute atomic E-state index is 12.3. The molecule has 2 nitrogen and oxygen atoms in total. The van der Waals surface area contributed by atoms with Crippen molar-refractivity contribution in [3.05, 3.63) is 47.5 Å². The summed E-state index contributed by atoms with van der Waals surface area (Å²) < 4.78 is 5.73. The molecule has 0 bridgehead atoms. The van der Waals surface area contributed by atoms with Crippen LogP contribution in [0.25, 0.3) is 0 Å². The van der Waals surface area contributed by atoms with E-state index in [0.717, 1.165) is 30.6 Å². The summed E-state index contributed by atoms with van der Waals surface area (Å²) in [5.74, 6) is 2.46. The molecule has 0 heterocycles. The van der Waals surface area contributed by atoms with Crippen LogP contribution >= 0.6 is 11.6 Å². The molecule has 1 aromatic carbocycles. The van der Waals surface area contributed by atoms with Crippen molar-refractivity contribution in [1.29, 1.82) is 0 Å². The second kappa shape index (κ2) is 10.3. The fraction of sp³-hybridized carbons (Fsp3) is 0.625. The number of hydrogen-bond acceptors (Lipinski definition) is 2. The quantitative estimate of drug-likeness (QED) is 0.280. The van der Waals surface area contributed by atoms with Gasteiger partial charge in [0.05, 0.1) is 5.56 Å². The van der Waals surface area contributed by atoms with Gasteiger partial charge in [0.2, 0.25) is 0 Å². The lowest BCUT2D eigenvalue weighted by atomic mass is 9.70. The standard InChI is InChI=1S/C24H33ClO2/c1-2-3-4-5-18-6-8-19(9-7-18)20-12-16-23(17-13-20)27-24(26)21-10-14-22(25)15-11-21/h2,10-11,14-15,18-20,23H,1,3-9,12-13,16-17H2/t18-,19-,20?,23?. The first-order chi connectivity index (χ1) is 13.2. The third-order valence-electron chi connectivity index (χ3n) is 6.65. The molecule has 0 aromatic heterocycles. The van der Waals surface area contributed by atoms with E-state index in [1.165, 1.54) is 57.8 Å². The Balaban J connectivity index is 1.37. The Labute approximate surface area is 169 Å². The van der Waals surface area contributed by atoms with Crippen molar-refractivity contribution in [2.75, 3.05) is 0 Å². The first-order valence-electron chi connectivity index (χ1n) is 10.7. The molecule has 0 radical (unpaired) electrons. The molecular formula is C24H33ClO2. The molecule has 2 saturated carbocycles. The van der Waals surface area contributed by atoms with E-state index >= 15 is 0 Å². The molecule has 1 aromatic rings. The first kappa shape index (κ1) is 20.5. The number of hydrogen-bond donors (Lipinski definition) is 0. The third kappa shape index (κ3) is 6.10. The van der Waals surface area contributed by atoms with Crippen molar-refractivity contribution in [3.63, 3.8) is 0 Å². The van der Waals surface area contributed by atoms with E-state index in [2.05, 4.69) is 6.58 Å². The minimum atomic E-state index is -0.213. The highest BCUT2D eigenvalue weighted by Gasteiger charge is 2.31. The number of rotatable bonds is 7. The van der Waals surface area contributed by atoms with Crippen molar-refractivity contribution < 1.29 is 9.53 Å². The smallest absolute Gasteiger partial charge is 0.338 e. The topological polar surface area (TPSA) is 26.3 Å². The minimum Gasteiger partial charge on any atom is -0.459 e. The summed E-state index contributed by atoms with van der Waals surface area (Å²) in [5, 5.41) is 0.641. The molecule has 2 fully saturated rings. The Hall–Kier alpha value is -1.28. The van der Waals surface area contributed by atoms with Crippen molar-refractivity contribution >= 4 is 17.6 Å². The van der Waals surface area contributed by atoms with Gasteiger partial charge in [0, 0.05) is 5.02 Å². The number of carbonyl (C=O) groups excluding carboxylic acids is 1. The SMILES string of the molecule is C=CCCC[C@H]1CC[C@H](C2CCC(OC(=O)c3ccc(Cl)cc3)CC2)CC1. The summed E-state index contributed by atoms with van der Waals surface area (Å²) in [4.78, 5) is 12.3. The molecule has 3 rings (SSSR count). The van der Waals surface area contributed by atoms with E-state index in [-0.39, 0.29) is 12.1 Å². The third-order valence-corrected chi connectivity index (χ3v) is 6.90. The Morgan fingerprint density at radius 3 is 2.19 bits per heavy atom. The fourth-order valence-corrected chi connectivity index (χ4v) is 5.11. The second-order valence-electron chi connectivity index (χ2n) is 8.45. The molecule has 0 N–H and O–H groups in total. The van der Waals surface area contributed by atoms with Crippen LogP contribution in [0.3, 0.4) is 0 Å². The van der Waals surface area contributed by atoms with Crippen LogP contribution in [0.2, 0.25) is 5.02 Å². The summed E-state index contributed by atoms with van der Waals surface area (Å²) in [6, 6.07) is 6.96. The highest BCUT2D eigenvalue weighted by Crippen LogP contribution is 2.41. The molecule has 2 aliphatic carbocycles. The number of allylic oxidation sites excluding steroid dienone is 1. The van der Waals surface area contributed by atoms with Gasteiger partial charge in [-0.15, -0.1) is 6.58 Å². The highest BCUT2D eigenvalue weighted by atomic mass is 35.5. The zero-order valence-corrected chi connectivity index (χ0v) is 17.1. The molecule has 3 heteroatoms. The molecule has 148 valence electrons. The lowest BCUT2D eigenvalue weighted by molar-refractivity contribution is 0.0109. The number of carbonyl (C=O) groups is 1. The number of ether oxygens (including phenoxy) is 1. The van der Waals surface area contributed by atoms with Crippen LogP contribution < -0.4 is 0 Å². The van der Waals surface area contributed by atoms with E-state index < -0.39 is 0 Å². The first-order valence-corrected chi connectivity index (χ1v) is 11.1. The average molecular weight is 389 g/mol. The van der Waals surface area contributed by atoms with Crippen LogP contribution in [0.4, 0.5) is 0 Å². The monoisotopic (exact) mass is 388 g/mol. The Morgan fingerprint density at radius 1 is 1.00 bits per heavy atom. The molecule has 0 unspecified atom stereocenters. The highest BCUT2D eigenvalue weighted by molar-refractivity contribution is 6.30. The predicted octanol–water partition coefficient (Wildman–Crippen LogP) is 7.22. The van der Waals surface area contributed by atoms with Gasteiger partial charge in [-0.05, 0) is 93.4 Å². The van der Waals surface area contributed by atoms with Crippen LogP contribution in [-0.4, -0.2) is 12.1 Å². The van der Waals surface area contributed by atoms with Crippen molar-refractivity contribution in [3.8, 4) is 0 Å². The van der Waals surface area contributed by atoms with Gasteiger partial charge in [-0.1, -0.05) is 36.9 Å². The van der Waals surface area contributed by atoms with Gasteiger partial charge < -0.3 is 4.74 Å². The molecular weight excluding hydrogens is 356 g/mol. The average Bonchev–Trinajstić information content (AvgIpc) is 2.70. The van der Waals surface area contributed by atoms with E-state index in [4.69, 9.17) is 16.3 Å². The lowest BCUT2D eigenvalue weighted by Crippen LogP contribution is -2.29. The van der Waals surface area contributed by atoms with Crippen LogP contribution in [0.15, 0.2) is 36.9 Å². The van der Waals surface area contributed by atoms with Gasteiger partial charge in [0.1, 0.15) is 6.10 Å². The zero-order valence-electron chi connectivity index (χ0n) is 16.4. The van der Waals surface area contributed by atoms with Crippen LogP contribution in [0.1, 0.15) is 81.0 Å². The summed E-state index contributed by atoms with van der Waals surface area (Å²) in [6.07, 6.45) is 16.1. The van der Waals surface area contributed by atoms with Crippen molar-refractivity contribution in [1.82, 2.24) is 0 Å². The molecule has 0 saturated heterocycles. The molecule has 0 amide bonds. The normalized spacial score (nSPS) is 28.5. The van der Waals surface area contributed by atoms with Gasteiger partial charge in [0.25, 0.3) is 0 Å². The molecule has 2 aliphatic rings. The predicted molar refractivity (Wildman–Crippen MR) is 112 cm³/mol. The second-order valence-corrected chi connectivity index (χ2v) is 8.89. The fourth-order valence-electron chi connectivity index (χ4n) is 4.98. The van der Waals surface area contributed by atoms with Crippen LogP contribution in [-0.2, 0) is 4.74 Å².